The van der Waals surface area contributed by atoms with Gasteiger partial charge in [-0.1, -0.05) is 12.1 Å². The number of likely N-dealkylation sites (N-methyl/N-ethyl adjacent to an activating group) is 1. The quantitative estimate of drug-likeness (QED) is 0.680. The average molecular weight is 377 g/mol. The lowest BCUT2D eigenvalue weighted by molar-refractivity contribution is 0.153. The van der Waals surface area contributed by atoms with E-state index in [-0.39, 0.29) is 0 Å². The lowest BCUT2D eigenvalue weighted by Crippen LogP contribution is -2.44. The highest BCUT2D eigenvalue weighted by Gasteiger charge is 2.18. The molecule has 0 spiro atoms. The molecule has 5 rings (SSSR count). The van der Waals surface area contributed by atoms with Gasteiger partial charge in [-0.25, -0.2) is 0 Å². The predicted octanol–water partition coefficient (Wildman–Crippen LogP) is 3.52. The Morgan fingerprint density at radius 1 is 0.929 bits per heavy atom. The van der Waals surface area contributed by atoms with Crippen LogP contribution in [-0.2, 0) is 6.42 Å². The molecule has 0 amide bonds. The molecule has 4 heterocycles. The first-order valence-corrected chi connectivity index (χ1v) is 10.2. The van der Waals surface area contributed by atoms with Crippen molar-refractivity contribution in [1.82, 2.24) is 14.2 Å². The molecule has 0 atom stereocenters. The minimum atomic E-state index is 0.314. The van der Waals surface area contributed by atoms with Crippen molar-refractivity contribution in [3.05, 3.63) is 54.4 Å². The number of aromatic nitrogens is 1. The second-order valence-corrected chi connectivity index (χ2v) is 7.82. The normalized spacial score (nSPS) is 17.5. The van der Waals surface area contributed by atoms with Crippen molar-refractivity contribution in [2.45, 2.75) is 12.8 Å². The van der Waals surface area contributed by atoms with Crippen LogP contribution in [0.2, 0.25) is 0 Å². The Balaban J connectivity index is 1.40. The van der Waals surface area contributed by atoms with Crippen LogP contribution < -0.4 is 9.47 Å². The molecule has 146 valence electrons. The number of fused-ring (bicyclic) bond motifs is 2. The number of rotatable bonds is 5. The monoisotopic (exact) mass is 377 g/mol. The van der Waals surface area contributed by atoms with Gasteiger partial charge in [0.05, 0.1) is 0 Å². The molecular formula is C23H27N3O2. The number of hydrogen-bond acceptors (Lipinski definition) is 4. The van der Waals surface area contributed by atoms with Crippen LogP contribution in [0.15, 0.2) is 48.7 Å². The van der Waals surface area contributed by atoms with E-state index < -0.39 is 0 Å². The Bertz CT molecular complexity index is 973. The van der Waals surface area contributed by atoms with E-state index in [2.05, 4.69) is 63.8 Å². The van der Waals surface area contributed by atoms with E-state index in [1.54, 1.807) is 0 Å². The highest BCUT2D eigenvalue weighted by molar-refractivity contribution is 5.76. The molecule has 1 aromatic carbocycles. The number of benzene rings is 1. The largest absolute Gasteiger partial charge is 0.454 e. The average Bonchev–Trinajstić information content (AvgIpc) is 3.33. The molecule has 2 aromatic heterocycles. The van der Waals surface area contributed by atoms with Crippen LogP contribution in [0.5, 0.6) is 11.5 Å². The van der Waals surface area contributed by atoms with Crippen LogP contribution >= 0.6 is 0 Å². The molecule has 2 aliphatic heterocycles. The smallest absolute Gasteiger partial charge is 0.231 e. The van der Waals surface area contributed by atoms with Gasteiger partial charge >= 0.3 is 0 Å². The van der Waals surface area contributed by atoms with Crippen LogP contribution in [0.4, 0.5) is 0 Å². The molecule has 0 unspecified atom stereocenters. The first-order valence-electron chi connectivity index (χ1n) is 10.2. The first-order chi connectivity index (χ1) is 13.8. The second-order valence-electron chi connectivity index (χ2n) is 7.82. The van der Waals surface area contributed by atoms with Gasteiger partial charge in [0.2, 0.25) is 6.79 Å². The standard InChI is InChI=1S/C23H27N3O2/c1-24-11-13-25(14-12-24)9-4-6-21-20(16-19-5-2-3-10-26(19)21)18-7-8-22-23(15-18)28-17-27-22/h2-3,5,7-8,10,15-16H,4,6,9,11-14,17H2,1H3. The highest BCUT2D eigenvalue weighted by Crippen LogP contribution is 2.38. The van der Waals surface area contributed by atoms with E-state index >= 15 is 0 Å². The summed E-state index contributed by atoms with van der Waals surface area (Å²) >= 11 is 0. The fourth-order valence-electron chi connectivity index (χ4n) is 4.29. The summed E-state index contributed by atoms with van der Waals surface area (Å²) in [6.07, 6.45) is 4.41. The molecule has 0 aliphatic carbocycles. The van der Waals surface area contributed by atoms with Crippen molar-refractivity contribution in [2.75, 3.05) is 46.6 Å². The summed E-state index contributed by atoms with van der Waals surface area (Å²) in [5.74, 6) is 1.68. The van der Waals surface area contributed by atoms with Crippen molar-refractivity contribution >= 4 is 5.52 Å². The summed E-state index contributed by atoms with van der Waals surface area (Å²) in [6, 6.07) is 15.0. The van der Waals surface area contributed by atoms with Crippen molar-refractivity contribution in [3.63, 3.8) is 0 Å². The van der Waals surface area contributed by atoms with Gasteiger partial charge in [0.25, 0.3) is 0 Å². The maximum Gasteiger partial charge on any atom is 0.231 e. The van der Waals surface area contributed by atoms with Gasteiger partial charge in [0.1, 0.15) is 0 Å². The summed E-state index contributed by atoms with van der Waals surface area (Å²) in [5.41, 5.74) is 5.11. The van der Waals surface area contributed by atoms with E-state index in [1.807, 2.05) is 6.07 Å². The van der Waals surface area contributed by atoms with E-state index in [9.17, 15) is 0 Å². The SMILES string of the molecule is CN1CCN(CCCc2c(-c3ccc4c(c3)OCO4)cc3ccccn23)CC1. The Morgan fingerprint density at radius 2 is 1.79 bits per heavy atom. The van der Waals surface area contributed by atoms with Crippen molar-refractivity contribution in [2.24, 2.45) is 0 Å². The molecular weight excluding hydrogens is 350 g/mol. The minimum Gasteiger partial charge on any atom is -0.454 e. The first kappa shape index (κ1) is 17.6. The Labute approximate surface area is 166 Å². The molecule has 1 fully saturated rings. The third-order valence-corrected chi connectivity index (χ3v) is 5.95. The number of hydrogen-bond donors (Lipinski definition) is 0. The van der Waals surface area contributed by atoms with Gasteiger partial charge in [0, 0.05) is 49.1 Å². The zero-order valence-corrected chi connectivity index (χ0v) is 16.4. The molecule has 0 bridgehead atoms. The molecule has 5 nitrogen and oxygen atoms in total. The van der Waals surface area contributed by atoms with Crippen LogP contribution in [0.3, 0.4) is 0 Å². The van der Waals surface area contributed by atoms with Crippen LogP contribution in [0.1, 0.15) is 12.1 Å². The summed E-state index contributed by atoms with van der Waals surface area (Å²) in [5, 5.41) is 0. The van der Waals surface area contributed by atoms with E-state index in [1.165, 1.54) is 54.9 Å². The number of ether oxygens (including phenoxy) is 2. The minimum absolute atomic E-state index is 0.314. The van der Waals surface area contributed by atoms with E-state index in [4.69, 9.17) is 9.47 Å². The van der Waals surface area contributed by atoms with Crippen molar-refractivity contribution < 1.29 is 9.47 Å². The molecule has 0 N–H and O–H groups in total. The van der Waals surface area contributed by atoms with Gasteiger partial charge < -0.3 is 23.7 Å². The molecule has 0 saturated carbocycles. The van der Waals surface area contributed by atoms with Crippen LogP contribution in [0, 0.1) is 0 Å². The van der Waals surface area contributed by atoms with Crippen molar-refractivity contribution in [3.8, 4) is 22.6 Å². The Hall–Kier alpha value is -2.50. The third-order valence-electron chi connectivity index (χ3n) is 5.95. The number of piperazine rings is 1. The molecule has 1 saturated heterocycles. The lowest BCUT2D eigenvalue weighted by atomic mass is 10.0. The number of nitrogens with zero attached hydrogens (tertiary/aromatic N) is 3. The van der Waals surface area contributed by atoms with Gasteiger partial charge in [-0.05, 0) is 62.3 Å². The van der Waals surface area contributed by atoms with Crippen LogP contribution in [0.25, 0.3) is 16.6 Å². The van der Waals surface area contributed by atoms with E-state index in [0.717, 1.165) is 24.5 Å². The van der Waals surface area contributed by atoms with Crippen LogP contribution in [-0.4, -0.2) is 60.8 Å². The predicted molar refractivity (Wildman–Crippen MR) is 111 cm³/mol. The maximum atomic E-state index is 5.60. The Kier molecular flexibility index (Phi) is 4.71. The zero-order valence-electron chi connectivity index (χ0n) is 16.4. The molecule has 28 heavy (non-hydrogen) atoms. The second kappa shape index (κ2) is 7.49. The topological polar surface area (TPSA) is 29.4 Å². The summed E-state index contributed by atoms with van der Waals surface area (Å²) in [6.45, 7) is 6.19. The molecule has 5 heteroatoms. The number of pyridine rings is 1. The lowest BCUT2D eigenvalue weighted by Gasteiger charge is -2.32. The zero-order chi connectivity index (χ0) is 18.9. The van der Waals surface area contributed by atoms with Crippen molar-refractivity contribution in [1.29, 1.82) is 0 Å². The molecule has 2 aliphatic rings. The van der Waals surface area contributed by atoms with Gasteiger partial charge in [-0.2, -0.15) is 0 Å². The summed E-state index contributed by atoms with van der Waals surface area (Å²) < 4.78 is 13.4. The number of aryl methyl sites for hydroxylation is 1. The summed E-state index contributed by atoms with van der Waals surface area (Å²) in [7, 11) is 2.21. The highest BCUT2D eigenvalue weighted by atomic mass is 16.7. The third kappa shape index (κ3) is 3.36. The fraction of sp³-hybridized carbons (Fsp3) is 0.391. The summed E-state index contributed by atoms with van der Waals surface area (Å²) in [4.78, 5) is 5.00. The van der Waals surface area contributed by atoms with Gasteiger partial charge in [0.15, 0.2) is 11.5 Å². The van der Waals surface area contributed by atoms with Gasteiger partial charge in [-0.3, -0.25) is 0 Å². The van der Waals surface area contributed by atoms with E-state index in [0.29, 0.717) is 6.79 Å². The molecule has 0 radical (unpaired) electrons. The Morgan fingerprint density at radius 3 is 2.68 bits per heavy atom. The molecule has 3 aromatic rings. The fourth-order valence-corrected chi connectivity index (χ4v) is 4.29. The maximum absolute atomic E-state index is 5.60. The van der Waals surface area contributed by atoms with Gasteiger partial charge in [-0.15, -0.1) is 0 Å².